The summed E-state index contributed by atoms with van der Waals surface area (Å²) < 4.78 is 5.04. The number of allylic oxidation sites excluding steroid dienone is 1. The van der Waals surface area contributed by atoms with Crippen LogP contribution in [0.2, 0.25) is 0 Å². The van der Waals surface area contributed by atoms with Crippen LogP contribution in [-0.4, -0.2) is 41.4 Å². The quantitative estimate of drug-likeness (QED) is 0.173. The molecule has 9 nitrogen and oxygen atoms in total. The maximum Gasteiger partial charge on any atom is 0.340 e. The number of aromatic amines is 1. The van der Waals surface area contributed by atoms with Crippen LogP contribution in [0.4, 0.5) is 11.4 Å². The molecule has 0 atom stereocenters. The summed E-state index contributed by atoms with van der Waals surface area (Å²) in [6, 6.07) is 6.55. The summed E-state index contributed by atoms with van der Waals surface area (Å²) in [4.78, 5) is 41.2. The number of H-pyrrole nitrogens is 1. The molecule has 0 radical (unpaired) electrons. The number of nitrogens with one attached hydrogen (secondary N) is 1. The van der Waals surface area contributed by atoms with Crippen LogP contribution in [0, 0.1) is 35.3 Å². The lowest BCUT2D eigenvalue weighted by molar-refractivity contribution is -0.384. The van der Waals surface area contributed by atoms with Gasteiger partial charge in [0.2, 0.25) is 5.78 Å². The summed E-state index contributed by atoms with van der Waals surface area (Å²) in [5, 5.41) is 21.2. The van der Waals surface area contributed by atoms with Crippen molar-refractivity contribution in [1.82, 2.24) is 4.98 Å². The van der Waals surface area contributed by atoms with Gasteiger partial charge in [-0.1, -0.05) is 6.07 Å². The molecule has 0 amide bonds. The number of aromatic nitrogens is 1. The molecule has 0 aliphatic carbocycles. The van der Waals surface area contributed by atoms with Crippen molar-refractivity contribution in [3.63, 3.8) is 0 Å². The lowest BCUT2D eigenvalue weighted by Gasteiger charge is -2.17. The van der Waals surface area contributed by atoms with Crippen LogP contribution in [0.25, 0.3) is 6.08 Å². The third-order valence-corrected chi connectivity index (χ3v) is 5.46. The lowest BCUT2D eigenvalue weighted by Crippen LogP contribution is -2.18. The predicted octanol–water partition coefficient (Wildman–Crippen LogP) is 4.11. The zero-order chi connectivity index (χ0) is 23.4. The van der Waals surface area contributed by atoms with Gasteiger partial charge in [0.15, 0.2) is 0 Å². The fourth-order valence-electron chi connectivity index (χ4n) is 3.94. The van der Waals surface area contributed by atoms with Gasteiger partial charge >= 0.3 is 5.97 Å². The highest BCUT2D eigenvalue weighted by molar-refractivity contribution is 6.15. The monoisotopic (exact) mass is 436 g/mol. The first kappa shape index (κ1) is 22.7. The molecular formula is C23H24N4O5. The number of nitriles is 1. The SMILES string of the molecule is CCOC(=O)c1c(C)[nH]c(C(=O)/C(C#N)=C\c2ccc(N3CCCC3)c([N+](=O)[O-])c2)c1C. The van der Waals surface area contributed by atoms with Gasteiger partial charge in [-0.3, -0.25) is 14.9 Å². The van der Waals surface area contributed by atoms with Crippen LogP contribution in [0.1, 0.15) is 57.4 Å². The van der Waals surface area contributed by atoms with Crippen LogP contribution in [-0.2, 0) is 4.74 Å². The van der Waals surface area contributed by atoms with Gasteiger partial charge in [-0.05, 0) is 56.9 Å². The third kappa shape index (κ3) is 4.39. The molecule has 2 heterocycles. The Kier molecular flexibility index (Phi) is 6.73. The number of anilines is 1. The first-order valence-electron chi connectivity index (χ1n) is 10.3. The minimum Gasteiger partial charge on any atom is -0.462 e. The number of hydrogen-bond acceptors (Lipinski definition) is 7. The Balaban J connectivity index is 1.98. The first-order chi connectivity index (χ1) is 15.3. The summed E-state index contributed by atoms with van der Waals surface area (Å²) in [5.41, 5.74) is 1.87. The molecular weight excluding hydrogens is 412 g/mol. The topological polar surface area (TPSA) is 129 Å². The van der Waals surface area contributed by atoms with Gasteiger partial charge in [0.1, 0.15) is 17.3 Å². The number of Topliss-reactive ketones (excluding diaryl/α,β-unsaturated/α-hetero) is 1. The highest BCUT2D eigenvalue weighted by atomic mass is 16.6. The van der Waals surface area contributed by atoms with Crippen molar-refractivity contribution in [3.05, 3.63) is 62.0 Å². The summed E-state index contributed by atoms with van der Waals surface area (Å²) in [6.07, 6.45) is 3.28. The molecule has 0 bridgehead atoms. The molecule has 3 rings (SSSR count). The molecule has 1 aromatic heterocycles. The van der Waals surface area contributed by atoms with Crippen molar-refractivity contribution < 1.29 is 19.2 Å². The molecule has 1 N–H and O–H groups in total. The molecule has 0 saturated carbocycles. The number of aryl methyl sites for hydroxylation is 1. The largest absolute Gasteiger partial charge is 0.462 e. The number of nitrogens with zero attached hydrogens (tertiary/aromatic N) is 3. The number of carbonyl (C=O) groups is 2. The first-order valence-corrected chi connectivity index (χ1v) is 10.3. The summed E-state index contributed by atoms with van der Waals surface area (Å²) in [6.45, 7) is 6.64. The van der Waals surface area contributed by atoms with Gasteiger partial charge in [-0.2, -0.15) is 5.26 Å². The summed E-state index contributed by atoms with van der Waals surface area (Å²) in [5.74, 6) is -1.15. The van der Waals surface area contributed by atoms with E-state index in [1.165, 1.54) is 12.1 Å². The van der Waals surface area contributed by atoms with Crippen LogP contribution < -0.4 is 4.90 Å². The summed E-state index contributed by atoms with van der Waals surface area (Å²) >= 11 is 0. The molecule has 1 fully saturated rings. The third-order valence-electron chi connectivity index (χ3n) is 5.46. The maximum absolute atomic E-state index is 13.0. The molecule has 1 saturated heterocycles. The van der Waals surface area contributed by atoms with Crippen molar-refractivity contribution in [2.75, 3.05) is 24.6 Å². The van der Waals surface area contributed by atoms with E-state index in [9.17, 15) is 25.0 Å². The molecule has 0 spiro atoms. The Hall–Kier alpha value is -3.93. The molecule has 0 unspecified atom stereocenters. The Morgan fingerprint density at radius 1 is 1.31 bits per heavy atom. The molecule has 166 valence electrons. The Bertz CT molecular complexity index is 1150. The average molecular weight is 436 g/mol. The van der Waals surface area contributed by atoms with Crippen molar-refractivity contribution in [3.8, 4) is 6.07 Å². The number of hydrogen-bond donors (Lipinski definition) is 1. The molecule has 2 aromatic rings. The molecule has 1 aliphatic rings. The average Bonchev–Trinajstić information content (AvgIpc) is 3.39. The van der Waals surface area contributed by atoms with Gasteiger partial charge in [0, 0.05) is 24.8 Å². The number of ether oxygens (including phenoxy) is 1. The smallest absolute Gasteiger partial charge is 0.340 e. The number of esters is 1. The highest BCUT2D eigenvalue weighted by Crippen LogP contribution is 2.32. The second-order valence-corrected chi connectivity index (χ2v) is 7.54. The van der Waals surface area contributed by atoms with Crippen LogP contribution in [0.3, 0.4) is 0 Å². The number of nitro groups is 1. The van der Waals surface area contributed by atoms with E-state index in [4.69, 9.17) is 4.74 Å². The second kappa shape index (κ2) is 9.47. The van der Waals surface area contributed by atoms with E-state index in [0.29, 0.717) is 22.5 Å². The van der Waals surface area contributed by atoms with Gasteiger partial charge in [-0.25, -0.2) is 4.79 Å². The van der Waals surface area contributed by atoms with E-state index in [0.717, 1.165) is 25.9 Å². The number of ketones is 1. The normalized spacial score (nSPS) is 13.7. The van der Waals surface area contributed by atoms with E-state index in [-0.39, 0.29) is 29.1 Å². The second-order valence-electron chi connectivity index (χ2n) is 7.54. The summed E-state index contributed by atoms with van der Waals surface area (Å²) in [7, 11) is 0. The van der Waals surface area contributed by atoms with E-state index in [1.807, 2.05) is 11.0 Å². The van der Waals surface area contributed by atoms with Crippen molar-refractivity contribution in [2.24, 2.45) is 0 Å². The van der Waals surface area contributed by atoms with Crippen LogP contribution in [0.5, 0.6) is 0 Å². The van der Waals surface area contributed by atoms with Crippen LogP contribution in [0.15, 0.2) is 23.8 Å². The van der Waals surface area contributed by atoms with E-state index in [1.54, 1.807) is 32.9 Å². The van der Waals surface area contributed by atoms with E-state index < -0.39 is 16.7 Å². The number of carbonyl (C=O) groups excluding carboxylic acids is 2. The van der Waals surface area contributed by atoms with E-state index >= 15 is 0 Å². The Labute approximate surface area is 185 Å². The molecule has 32 heavy (non-hydrogen) atoms. The zero-order valence-electron chi connectivity index (χ0n) is 18.2. The molecule has 1 aliphatic heterocycles. The van der Waals surface area contributed by atoms with Gasteiger partial charge in [0.25, 0.3) is 5.69 Å². The predicted molar refractivity (Wildman–Crippen MR) is 119 cm³/mol. The maximum atomic E-state index is 13.0. The Morgan fingerprint density at radius 2 is 2.00 bits per heavy atom. The van der Waals surface area contributed by atoms with Gasteiger partial charge in [-0.15, -0.1) is 0 Å². The molecule has 1 aromatic carbocycles. The fraction of sp³-hybridized carbons (Fsp3) is 0.348. The van der Waals surface area contributed by atoms with Crippen molar-refractivity contribution in [2.45, 2.75) is 33.6 Å². The standard InChI is InChI=1S/C23H24N4O5/c1-4-32-23(29)20-14(2)21(25-15(20)3)22(28)17(13-24)11-16-7-8-18(19(12-16)27(30)31)26-9-5-6-10-26/h7-8,11-12,25H,4-6,9-10H2,1-3H3/b17-11-. The number of nitro benzene ring substituents is 1. The Morgan fingerprint density at radius 3 is 2.59 bits per heavy atom. The molecule has 9 heteroatoms. The lowest BCUT2D eigenvalue weighted by atomic mass is 10.0. The zero-order valence-corrected chi connectivity index (χ0v) is 18.2. The minimum absolute atomic E-state index is 0.0677. The van der Waals surface area contributed by atoms with E-state index in [2.05, 4.69) is 4.98 Å². The van der Waals surface area contributed by atoms with Crippen LogP contribution >= 0.6 is 0 Å². The highest BCUT2D eigenvalue weighted by Gasteiger charge is 2.26. The van der Waals surface area contributed by atoms with Gasteiger partial charge < -0.3 is 14.6 Å². The van der Waals surface area contributed by atoms with Crippen molar-refractivity contribution in [1.29, 1.82) is 5.26 Å². The minimum atomic E-state index is -0.602. The van der Waals surface area contributed by atoms with Gasteiger partial charge in [0.05, 0.1) is 22.8 Å². The number of benzene rings is 1. The number of rotatable bonds is 7. The fourth-order valence-corrected chi connectivity index (χ4v) is 3.94. The van der Waals surface area contributed by atoms with Crippen molar-refractivity contribution >= 4 is 29.2 Å².